The summed E-state index contributed by atoms with van der Waals surface area (Å²) in [6.45, 7) is 0. The van der Waals surface area contributed by atoms with Crippen LogP contribution in [0.1, 0.15) is 10.4 Å². The minimum Gasteiger partial charge on any atom is -0.507 e. The number of hydrogen-bond donors (Lipinski definition) is 4. The SMILES string of the molecule is O=Cc1c(O)cc(B(O)O)cc1O. The van der Waals surface area contributed by atoms with Crippen LogP contribution in [0.5, 0.6) is 11.5 Å². The van der Waals surface area contributed by atoms with E-state index in [0.717, 1.165) is 12.1 Å². The summed E-state index contributed by atoms with van der Waals surface area (Å²) >= 11 is 0. The Morgan fingerprint density at radius 2 is 1.62 bits per heavy atom. The van der Waals surface area contributed by atoms with Crippen molar-refractivity contribution >= 4 is 18.9 Å². The molecule has 6 heteroatoms. The molecule has 0 unspecified atom stereocenters. The summed E-state index contributed by atoms with van der Waals surface area (Å²) in [7, 11) is -1.79. The Morgan fingerprint density at radius 3 is 1.92 bits per heavy atom. The van der Waals surface area contributed by atoms with Crippen molar-refractivity contribution in [1.82, 2.24) is 0 Å². The van der Waals surface area contributed by atoms with Gasteiger partial charge in [-0.2, -0.15) is 0 Å². The number of hydrogen-bond acceptors (Lipinski definition) is 5. The van der Waals surface area contributed by atoms with E-state index < -0.39 is 18.6 Å². The summed E-state index contributed by atoms with van der Waals surface area (Å²) in [6, 6.07) is 1.99. The number of aldehydes is 1. The Hall–Kier alpha value is -1.53. The molecule has 0 aliphatic carbocycles. The smallest absolute Gasteiger partial charge is 0.488 e. The van der Waals surface area contributed by atoms with E-state index in [1.165, 1.54) is 0 Å². The molecule has 1 aromatic rings. The van der Waals surface area contributed by atoms with E-state index in [0.29, 0.717) is 0 Å². The van der Waals surface area contributed by atoms with Gasteiger partial charge in [0.2, 0.25) is 0 Å². The molecule has 0 radical (unpaired) electrons. The molecule has 68 valence electrons. The zero-order valence-corrected chi connectivity index (χ0v) is 6.51. The predicted molar refractivity (Wildman–Crippen MR) is 45.0 cm³/mol. The molecule has 0 fully saturated rings. The third kappa shape index (κ3) is 1.79. The minimum atomic E-state index is -1.79. The summed E-state index contributed by atoms with van der Waals surface area (Å²) < 4.78 is 0. The van der Waals surface area contributed by atoms with Crippen LogP contribution in [0, 0.1) is 0 Å². The first kappa shape index (κ1) is 9.56. The minimum absolute atomic E-state index is 0.0828. The molecule has 13 heavy (non-hydrogen) atoms. The highest BCUT2D eigenvalue weighted by atomic mass is 16.4. The van der Waals surface area contributed by atoms with Gasteiger partial charge in [0, 0.05) is 0 Å². The first-order valence-corrected chi connectivity index (χ1v) is 3.43. The molecule has 4 N–H and O–H groups in total. The molecule has 0 aliphatic rings. The van der Waals surface area contributed by atoms with Crippen molar-refractivity contribution in [2.45, 2.75) is 0 Å². The third-order valence-electron chi connectivity index (χ3n) is 1.57. The fourth-order valence-electron chi connectivity index (χ4n) is 0.914. The Labute approximate surface area is 74.0 Å². The Kier molecular flexibility index (Phi) is 2.55. The Bertz CT molecular complexity index is 313. The van der Waals surface area contributed by atoms with Crippen molar-refractivity contribution in [2.75, 3.05) is 0 Å². The molecule has 1 rings (SSSR count). The number of aromatic hydroxyl groups is 2. The first-order chi connectivity index (χ1) is 6.06. The first-order valence-electron chi connectivity index (χ1n) is 3.43. The Balaban J connectivity index is 3.28. The van der Waals surface area contributed by atoms with Crippen molar-refractivity contribution in [1.29, 1.82) is 0 Å². The monoisotopic (exact) mass is 182 g/mol. The van der Waals surface area contributed by atoms with Gasteiger partial charge >= 0.3 is 7.12 Å². The molecule has 0 aromatic heterocycles. The average molecular weight is 182 g/mol. The van der Waals surface area contributed by atoms with Gasteiger partial charge in [-0.15, -0.1) is 0 Å². The van der Waals surface area contributed by atoms with Gasteiger partial charge in [-0.25, -0.2) is 0 Å². The fraction of sp³-hybridized carbons (Fsp3) is 0. The van der Waals surface area contributed by atoms with Crippen LogP contribution in [0.2, 0.25) is 0 Å². The molecular weight excluding hydrogens is 175 g/mol. The quantitative estimate of drug-likeness (QED) is 0.332. The molecule has 0 atom stereocenters. The molecule has 0 heterocycles. The van der Waals surface area contributed by atoms with Crippen molar-refractivity contribution in [3.05, 3.63) is 17.7 Å². The van der Waals surface area contributed by atoms with Gasteiger partial charge in [0.05, 0.1) is 5.56 Å². The number of phenols is 2. The zero-order valence-electron chi connectivity index (χ0n) is 6.51. The van der Waals surface area contributed by atoms with Gasteiger partial charge in [0.1, 0.15) is 11.5 Å². The molecule has 0 saturated heterocycles. The lowest BCUT2D eigenvalue weighted by molar-refractivity contribution is 0.111. The number of phenolic OH excluding ortho intramolecular Hbond substituents is 2. The van der Waals surface area contributed by atoms with E-state index in [-0.39, 0.29) is 17.3 Å². The normalized spacial score (nSPS) is 9.69. The van der Waals surface area contributed by atoms with Crippen molar-refractivity contribution in [3.8, 4) is 11.5 Å². The van der Waals surface area contributed by atoms with Crippen molar-refractivity contribution in [2.24, 2.45) is 0 Å². The lowest BCUT2D eigenvalue weighted by Crippen LogP contribution is -2.29. The maximum Gasteiger partial charge on any atom is 0.488 e. The predicted octanol–water partition coefficient (Wildman–Crippen LogP) is -1.41. The maximum atomic E-state index is 10.3. The topological polar surface area (TPSA) is 98.0 Å². The highest BCUT2D eigenvalue weighted by Gasteiger charge is 2.16. The van der Waals surface area contributed by atoms with Crippen LogP contribution in [-0.4, -0.2) is 33.7 Å². The number of carbonyl (C=O) groups excluding carboxylic acids is 1. The van der Waals surface area contributed by atoms with Gasteiger partial charge in [-0.1, -0.05) is 0 Å². The second kappa shape index (κ2) is 3.46. The average Bonchev–Trinajstić information content (AvgIpc) is 2.03. The lowest BCUT2D eigenvalue weighted by Gasteiger charge is -2.04. The number of benzene rings is 1. The molecule has 0 aliphatic heterocycles. The summed E-state index contributed by atoms with van der Waals surface area (Å²) in [5.41, 5.74) is -0.356. The van der Waals surface area contributed by atoms with Gasteiger partial charge in [-0.05, 0) is 17.6 Å². The van der Waals surface area contributed by atoms with E-state index >= 15 is 0 Å². The molecule has 0 bridgehead atoms. The lowest BCUT2D eigenvalue weighted by atomic mass is 9.79. The summed E-state index contributed by atoms with van der Waals surface area (Å²) in [5.74, 6) is -0.976. The molecule has 0 saturated carbocycles. The second-order valence-corrected chi connectivity index (χ2v) is 2.46. The molecule has 0 spiro atoms. The summed E-state index contributed by atoms with van der Waals surface area (Å²) in [5, 5.41) is 35.6. The van der Waals surface area contributed by atoms with E-state index in [4.69, 9.17) is 20.3 Å². The standard InChI is InChI=1S/C7H7BO5/c9-3-5-6(10)1-4(8(12)13)2-7(5)11/h1-3,10-13H. The highest BCUT2D eigenvalue weighted by molar-refractivity contribution is 6.58. The van der Waals surface area contributed by atoms with Crippen LogP contribution >= 0.6 is 0 Å². The maximum absolute atomic E-state index is 10.3. The van der Waals surface area contributed by atoms with Gasteiger partial charge in [0.15, 0.2) is 6.29 Å². The van der Waals surface area contributed by atoms with E-state index in [1.54, 1.807) is 0 Å². The summed E-state index contributed by atoms with van der Waals surface area (Å²) in [6.07, 6.45) is 0.276. The Morgan fingerprint density at radius 1 is 1.15 bits per heavy atom. The van der Waals surface area contributed by atoms with Gasteiger partial charge in [-0.3, -0.25) is 4.79 Å². The van der Waals surface area contributed by atoms with E-state index in [2.05, 4.69) is 0 Å². The van der Waals surface area contributed by atoms with Gasteiger partial charge in [0.25, 0.3) is 0 Å². The zero-order chi connectivity index (χ0) is 10.0. The summed E-state index contributed by atoms with van der Waals surface area (Å²) in [4.78, 5) is 10.3. The molecule has 0 amide bonds. The fourth-order valence-corrected chi connectivity index (χ4v) is 0.914. The number of carbonyl (C=O) groups is 1. The van der Waals surface area contributed by atoms with Crippen LogP contribution in [0.3, 0.4) is 0 Å². The van der Waals surface area contributed by atoms with E-state index in [9.17, 15) is 4.79 Å². The largest absolute Gasteiger partial charge is 0.507 e. The van der Waals surface area contributed by atoms with Gasteiger partial charge < -0.3 is 20.3 Å². The molecular formula is C7H7BO5. The van der Waals surface area contributed by atoms with Crippen LogP contribution in [0.25, 0.3) is 0 Å². The second-order valence-electron chi connectivity index (χ2n) is 2.46. The van der Waals surface area contributed by atoms with Crippen LogP contribution in [-0.2, 0) is 0 Å². The van der Waals surface area contributed by atoms with Crippen LogP contribution in [0.4, 0.5) is 0 Å². The third-order valence-corrected chi connectivity index (χ3v) is 1.57. The van der Waals surface area contributed by atoms with Crippen LogP contribution in [0.15, 0.2) is 12.1 Å². The molecule has 5 nitrogen and oxygen atoms in total. The molecule has 1 aromatic carbocycles. The number of rotatable bonds is 2. The van der Waals surface area contributed by atoms with Crippen molar-refractivity contribution in [3.63, 3.8) is 0 Å². The van der Waals surface area contributed by atoms with Crippen LogP contribution < -0.4 is 5.46 Å². The van der Waals surface area contributed by atoms with Crippen molar-refractivity contribution < 1.29 is 25.1 Å². The highest BCUT2D eigenvalue weighted by Crippen LogP contribution is 2.22. The van der Waals surface area contributed by atoms with E-state index in [1.807, 2.05) is 0 Å².